The summed E-state index contributed by atoms with van der Waals surface area (Å²) in [5.41, 5.74) is 0.960. The zero-order valence-corrected chi connectivity index (χ0v) is 25.7. The van der Waals surface area contributed by atoms with Crippen LogP contribution in [0.2, 0.25) is 0 Å². The van der Waals surface area contributed by atoms with Crippen LogP contribution in [0.5, 0.6) is 5.75 Å². The van der Waals surface area contributed by atoms with Crippen LogP contribution in [0.3, 0.4) is 0 Å². The number of carbonyl (C=O) groups is 1. The Bertz CT molecular complexity index is 678. The molecule has 220 valence electrons. The van der Waals surface area contributed by atoms with Crippen LogP contribution in [0.1, 0.15) is 136 Å². The van der Waals surface area contributed by atoms with Gasteiger partial charge in [-0.2, -0.15) is 0 Å². The van der Waals surface area contributed by atoms with E-state index in [1.807, 2.05) is 24.3 Å². The van der Waals surface area contributed by atoms with E-state index in [1.165, 1.54) is 96.3 Å². The minimum absolute atomic E-state index is 0.152. The van der Waals surface area contributed by atoms with Crippen molar-refractivity contribution < 1.29 is 18.8 Å². The van der Waals surface area contributed by atoms with Gasteiger partial charge in [0.1, 0.15) is 18.9 Å². The fourth-order valence-electron chi connectivity index (χ4n) is 5.30. The molecule has 4 heteroatoms. The Morgan fingerprint density at radius 1 is 0.658 bits per heavy atom. The number of nitrogens with zero attached hydrogens (tertiary/aromatic N) is 1. The van der Waals surface area contributed by atoms with Gasteiger partial charge in [0, 0.05) is 0 Å². The van der Waals surface area contributed by atoms with E-state index in [2.05, 4.69) is 27.7 Å². The fourth-order valence-corrected chi connectivity index (χ4v) is 5.30. The van der Waals surface area contributed by atoms with Gasteiger partial charge in [0.05, 0.1) is 32.7 Å². The van der Waals surface area contributed by atoms with Crippen molar-refractivity contribution >= 4 is 5.97 Å². The molecule has 0 saturated heterocycles. The highest BCUT2D eigenvalue weighted by Crippen LogP contribution is 2.16. The third kappa shape index (κ3) is 17.1. The zero-order valence-electron chi connectivity index (χ0n) is 25.7. The molecule has 0 aliphatic rings. The number of hydrogen-bond acceptors (Lipinski definition) is 3. The molecule has 0 N–H and O–H groups in total. The van der Waals surface area contributed by atoms with Crippen LogP contribution in [-0.4, -0.2) is 49.8 Å². The van der Waals surface area contributed by atoms with Gasteiger partial charge in [0.2, 0.25) is 0 Å². The largest absolute Gasteiger partial charge is 0.494 e. The van der Waals surface area contributed by atoms with E-state index in [1.54, 1.807) is 0 Å². The molecule has 0 amide bonds. The van der Waals surface area contributed by atoms with Crippen LogP contribution in [0.15, 0.2) is 24.3 Å². The molecule has 0 saturated carbocycles. The number of ether oxygens (including phenoxy) is 2. The lowest BCUT2D eigenvalue weighted by Crippen LogP contribution is -2.49. The van der Waals surface area contributed by atoms with Crippen molar-refractivity contribution in [1.82, 2.24) is 0 Å². The molecule has 0 fully saturated rings. The maximum Gasteiger partial charge on any atom is 0.310 e. The maximum atomic E-state index is 12.3. The molecule has 1 aromatic carbocycles. The van der Waals surface area contributed by atoms with Gasteiger partial charge in [-0.25, -0.2) is 0 Å². The van der Waals surface area contributed by atoms with Gasteiger partial charge in [-0.3, -0.25) is 4.79 Å². The molecule has 0 heterocycles. The monoisotopic (exact) mass is 532 g/mol. The zero-order chi connectivity index (χ0) is 27.7. The lowest BCUT2D eigenvalue weighted by atomic mass is 10.0. The number of carbonyl (C=O) groups excluding carboxylic acids is 1. The van der Waals surface area contributed by atoms with Gasteiger partial charge in [-0.1, -0.05) is 115 Å². The Kier molecular flexibility index (Phi) is 21.2. The van der Waals surface area contributed by atoms with E-state index in [-0.39, 0.29) is 5.97 Å². The second kappa shape index (κ2) is 23.3. The van der Waals surface area contributed by atoms with E-state index in [0.717, 1.165) is 55.0 Å². The van der Waals surface area contributed by atoms with Gasteiger partial charge in [-0.05, 0) is 44.9 Å². The predicted molar refractivity (Wildman–Crippen MR) is 163 cm³/mol. The van der Waals surface area contributed by atoms with Crippen LogP contribution in [-0.2, 0) is 16.0 Å². The normalized spacial score (nSPS) is 11.6. The number of rotatable bonds is 26. The van der Waals surface area contributed by atoms with E-state index in [9.17, 15) is 4.79 Å². The summed E-state index contributed by atoms with van der Waals surface area (Å²) in [7, 11) is 0. The lowest BCUT2D eigenvalue weighted by molar-refractivity contribution is -0.923. The second-order valence-electron chi connectivity index (χ2n) is 11.2. The molecule has 0 spiro atoms. The van der Waals surface area contributed by atoms with Crippen LogP contribution in [0.4, 0.5) is 0 Å². The molecule has 0 aromatic heterocycles. The highest BCUT2D eigenvalue weighted by molar-refractivity contribution is 5.72. The Hall–Kier alpha value is -1.55. The van der Waals surface area contributed by atoms with Crippen molar-refractivity contribution in [3.63, 3.8) is 0 Å². The fraction of sp³-hybridized carbons (Fsp3) is 0.794. The number of benzene rings is 1. The number of unbranched alkanes of at least 4 members (excludes halogenated alkanes) is 15. The van der Waals surface area contributed by atoms with Crippen LogP contribution >= 0.6 is 0 Å². The molecule has 1 aromatic rings. The standard InChI is InChI=1S/C34H62NO3/c1-5-9-10-11-12-13-14-15-16-17-18-19-20-21-22-23-28-37-33-26-24-25-32(30-33)31-34(36)38-29-27-35(6-2,7-3)8-4/h24-26,30H,5-23,27-29,31H2,1-4H3/q+1. The van der Waals surface area contributed by atoms with Gasteiger partial charge >= 0.3 is 5.97 Å². The molecule has 0 radical (unpaired) electrons. The van der Waals surface area contributed by atoms with Gasteiger partial charge in [0.15, 0.2) is 0 Å². The average molecular weight is 533 g/mol. The highest BCUT2D eigenvalue weighted by Gasteiger charge is 2.21. The van der Waals surface area contributed by atoms with E-state index >= 15 is 0 Å². The molecule has 0 atom stereocenters. The van der Waals surface area contributed by atoms with Crippen LogP contribution < -0.4 is 4.74 Å². The quantitative estimate of drug-likeness (QED) is 0.0677. The third-order valence-electron chi connectivity index (χ3n) is 8.35. The third-order valence-corrected chi connectivity index (χ3v) is 8.35. The summed E-state index contributed by atoms with van der Waals surface area (Å²) in [6.45, 7) is 14.3. The average Bonchev–Trinajstić information content (AvgIpc) is 2.93. The summed E-state index contributed by atoms with van der Waals surface area (Å²) in [5, 5.41) is 0. The first-order chi connectivity index (χ1) is 18.6. The Balaban J connectivity index is 2.03. The molecule has 4 nitrogen and oxygen atoms in total. The van der Waals surface area contributed by atoms with Crippen molar-refractivity contribution in [3.8, 4) is 5.75 Å². The van der Waals surface area contributed by atoms with Crippen LogP contribution in [0, 0.1) is 0 Å². The first kappa shape index (κ1) is 34.5. The van der Waals surface area contributed by atoms with E-state index in [4.69, 9.17) is 9.47 Å². The summed E-state index contributed by atoms with van der Waals surface area (Å²) in [5.74, 6) is 0.705. The maximum absolute atomic E-state index is 12.3. The topological polar surface area (TPSA) is 35.5 Å². The Morgan fingerprint density at radius 2 is 1.16 bits per heavy atom. The van der Waals surface area contributed by atoms with Gasteiger partial charge in [0.25, 0.3) is 0 Å². The van der Waals surface area contributed by atoms with E-state index < -0.39 is 0 Å². The molecule has 38 heavy (non-hydrogen) atoms. The summed E-state index contributed by atoms with van der Waals surface area (Å²) in [4.78, 5) is 12.3. The Labute approximate surface area is 236 Å². The van der Waals surface area contributed by atoms with Crippen LogP contribution in [0.25, 0.3) is 0 Å². The minimum atomic E-state index is -0.152. The predicted octanol–water partition coefficient (Wildman–Crippen LogP) is 9.29. The molecular formula is C34H62NO3+. The molecular weight excluding hydrogens is 470 g/mol. The first-order valence-corrected chi connectivity index (χ1v) is 16.3. The highest BCUT2D eigenvalue weighted by atomic mass is 16.5. The van der Waals surface area contributed by atoms with Crippen molar-refractivity contribution in [2.45, 2.75) is 137 Å². The SMILES string of the molecule is CCCCCCCCCCCCCCCCCCOc1cccc(CC(=O)OCC[N+](CC)(CC)CC)c1. The molecule has 0 aliphatic heterocycles. The summed E-state index contributed by atoms with van der Waals surface area (Å²) in [6, 6.07) is 7.92. The first-order valence-electron chi connectivity index (χ1n) is 16.3. The number of likely N-dealkylation sites (N-methyl/N-ethyl adjacent to an activating group) is 1. The van der Waals surface area contributed by atoms with Gasteiger partial charge < -0.3 is 14.0 Å². The Morgan fingerprint density at radius 3 is 1.66 bits per heavy atom. The summed E-state index contributed by atoms with van der Waals surface area (Å²) in [6.07, 6.45) is 22.3. The molecule has 0 bridgehead atoms. The molecule has 1 rings (SSSR count). The summed E-state index contributed by atoms with van der Waals surface area (Å²) < 4.78 is 12.5. The second-order valence-corrected chi connectivity index (χ2v) is 11.2. The number of hydrogen-bond donors (Lipinski definition) is 0. The lowest BCUT2D eigenvalue weighted by Gasteiger charge is -2.35. The molecule has 0 unspecified atom stereocenters. The van der Waals surface area contributed by atoms with E-state index in [0.29, 0.717) is 13.0 Å². The van der Waals surface area contributed by atoms with Crippen molar-refractivity contribution in [1.29, 1.82) is 0 Å². The van der Waals surface area contributed by atoms with Crippen molar-refractivity contribution in [3.05, 3.63) is 29.8 Å². The minimum Gasteiger partial charge on any atom is -0.494 e. The smallest absolute Gasteiger partial charge is 0.310 e. The number of quaternary nitrogens is 1. The van der Waals surface area contributed by atoms with Crippen molar-refractivity contribution in [2.24, 2.45) is 0 Å². The molecule has 0 aliphatic carbocycles. The summed E-state index contributed by atoms with van der Waals surface area (Å²) >= 11 is 0. The van der Waals surface area contributed by atoms with Gasteiger partial charge in [-0.15, -0.1) is 0 Å². The number of esters is 1. The van der Waals surface area contributed by atoms with Crippen molar-refractivity contribution in [2.75, 3.05) is 39.4 Å².